The molecule has 0 saturated carbocycles. The van der Waals surface area contributed by atoms with Gasteiger partial charge in [0, 0.05) is 11.4 Å². The predicted octanol–water partition coefficient (Wildman–Crippen LogP) is 4.28. The molecule has 0 saturated heterocycles. The zero-order valence-corrected chi connectivity index (χ0v) is 25.5. The fraction of sp³-hybridized carbons (Fsp3) is 0.429. The van der Waals surface area contributed by atoms with Gasteiger partial charge < -0.3 is 19.4 Å². The van der Waals surface area contributed by atoms with Crippen molar-refractivity contribution < 1.29 is 32.3 Å². The Balaban J connectivity index is 1.51. The van der Waals surface area contributed by atoms with Crippen molar-refractivity contribution in [3.05, 3.63) is 51.7 Å². The second-order valence-electron chi connectivity index (χ2n) is 9.42. The average Bonchev–Trinajstić information content (AvgIpc) is 3.30. The number of allylic oxidation sites excluding steroid dienone is 1. The number of thiazole rings is 1. The molecule has 4 rings (SSSR count). The van der Waals surface area contributed by atoms with Crippen molar-refractivity contribution in [2.24, 2.45) is 4.99 Å². The molecule has 1 N–H and O–H groups in total. The number of rotatable bonds is 11. The molecule has 13 heteroatoms. The molecule has 1 aliphatic rings. The van der Waals surface area contributed by atoms with Crippen LogP contribution in [0.25, 0.3) is 10.2 Å². The van der Waals surface area contributed by atoms with Gasteiger partial charge in [-0.3, -0.25) is 9.59 Å². The van der Waals surface area contributed by atoms with E-state index in [0.29, 0.717) is 35.7 Å². The lowest BCUT2D eigenvalue weighted by Crippen LogP contribution is -2.28. The highest BCUT2D eigenvalue weighted by molar-refractivity contribution is 7.92. The fourth-order valence-electron chi connectivity index (χ4n) is 4.69. The van der Waals surface area contributed by atoms with E-state index in [-0.39, 0.29) is 11.6 Å². The minimum Gasteiger partial charge on any atom is -0.494 e. The maximum absolute atomic E-state index is 12.8. The first-order valence-electron chi connectivity index (χ1n) is 13.4. The number of nitrogens with one attached hydrogen (secondary N) is 1. The van der Waals surface area contributed by atoms with Gasteiger partial charge in [0.2, 0.25) is 5.91 Å². The molecule has 220 valence electrons. The number of amides is 2. The number of nitrogens with zero attached hydrogens (tertiary/aromatic N) is 2. The number of aromatic nitrogens is 1. The van der Waals surface area contributed by atoms with E-state index >= 15 is 0 Å². The van der Waals surface area contributed by atoms with E-state index < -0.39 is 39.1 Å². The Bertz CT molecular complexity index is 1650. The number of hydrogen-bond acceptors (Lipinski definition) is 9. The van der Waals surface area contributed by atoms with E-state index in [1.807, 2.05) is 25.1 Å². The zero-order valence-electron chi connectivity index (χ0n) is 23.1. The summed E-state index contributed by atoms with van der Waals surface area (Å²) in [6, 6.07) is 5.49. The average molecular weight is 620 g/mol. The van der Waals surface area contributed by atoms with Crippen LogP contribution in [0.15, 0.2) is 35.8 Å². The highest BCUT2D eigenvalue weighted by Crippen LogP contribution is 2.38. The van der Waals surface area contributed by atoms with Crippen LogP contribution in [-0.4, -0.2) is 55.5 Å². The second-order valence-corrected chi connectivity index (χ2v) is 13.6. The summed E-state index contributed by atoms with van der Waals surface area (Å²) >= 11 is 2.51. The van der Waals surface area contributed by atoms with Gasteiger partial charge in [-0.05, 0) is 63.3 Å². The SMILES string of the molecule is C=CCn1c(=NC(=O)CS(=O)(=O)CC(=O)Nc2sc3c(c2C(=O)OCC)CCCCC3)sc2cc(OCC)ccc21. The number of hydrogen-bond donors (Lipinski definition) is 1. The van der Waals surface area contributed by atoms with Crippen molar-refractivity contribution in [3.8, 4) is 5.75 Å². The first-order valence-corrected chi connectivity index (χ1v) is 16.9. The normalized spacial score (nSPS) is 13.9. The smallest absolute Gasteiger partial charge is 0.341 e. The number of fused-ring (bicyclic) bond motifs is 2. The van der Waals surface area contributed by atoms with Crippen molar-refractivity contribution in [1.29, 1.82) is 0 Å². The maximum atomic E-state index is 12.8. The first-order chi connectivity index (χ1) is 19.7. The number of sulfone groups is 1. The predicted molar refractivity (Wildman–Crippen MR) is 161 cm³/mol. The maximum Gasteiger partial charge on any atom is 0.341 e. The summed E-state index contributed by atoms with van der Waals surface area (Å²) in [4.78, 5) is 43.7. The molecule has 2 amide bonds. The molecule has 0 aliphatic heterocycles. The van der Waals surface area contributed by atoms with E-state index in [9.17, 15) is 22.8 Å². The Morgan fingerprint density at radius 3 is 2.61 bits per heavy atom. The van der Waals surface area contributed by atoms with E-state index in [2.05, 4.69) is 16.9 Å². The standard InChI is InChI=1S/C28H33N3O7S3/c1-4-14-31-20-13-12-18(37-5-2)15-22(20)40-28(31)30-24(33)17-41(35,36)16-23(32)29-26-25(27(34)38-6-3)19-10-8-7-9-11-21(19)39-26/h4,12-13,15H,1,5-11,14,16-17H2,2-3H3,(H,29,32). The van der Waals surface area contributed by atoms with Gasteiger partial charge in [0.1, 0.15) is 22.3 Å². The van der Waals surface area contributed by atoms with Crippen LogP contribution in [0.5, 0.6) is 5.75 Å². The molecule has 3 aromatic rings. The van der Waals surface area contributed by atoms with Gasteiger partial charge in [-0.25, -0.2) is 13.2 Å². The van der Waals surface area contributed by atoms with Crippen molar-refractivity contribution in [1.82, 2.24) is 4.57 Å². The molecule has 0 fully saturated rings. The number of esters is 1. The van der Waals surface area contributed by atoms with Crippen LogP contribution in [-0.2, 0) is 43.5 Å². The molecule has 0 spiro atoms. The third-order valence-corrected chi connectivity index (χ3v) is 9.98. The Morgan fingerprint density at radius 2 is 1.88 bits per heavy atom. The number of benzene rings is 1. The number of thiophene rings is 1. The van der Waals surface area contributed by atoms with Crippen molar-refractivity contribution >= 4 is 65.5 Å². The topological polar surface area (TPSA) is 133 Å². The zero-order chi connectivity index (χ0) is 29.6. The lowest BCUT2D eigenvalue weighted by Gasteiger charge is -2.08. The monoisotopic (exact) mass is 619 g/mol. The van der Waals surface area contributed by atoms with Gasteiger partial charge in [0.15, 0.2) is 14.6 Å². The van der Waals surface area contributed by atoms with E-state index in [4.69, 9.17) is 9.47 Å². The van der Waals surface area contributed by atoms with Gasteiger partial charge in [-0.2, -0.15) is 4.99 Å². The summed E-state index contributed by atoms with van der Waals surface area (Å²) in [5.74, 6) is -3.43. The van der Waals surface area contributed by atoms with Crippen molar-refractivity contribution in [3.63, 3.8) is 0 Å². The van der Waals surface area contributed by atoms with Crippen LogP contribution in [0.4, 0.5) is 5.00 Å². The van der Waals surface area contributed by atoms with Gasteiger partial charge in [-0.15, -0.1) is 17.9 Å². The van der Waals surface area contributed by atoms with Crippen LogP contribution >= 0.6 is 22.7 Å². The molecule has 10 nitrogen and oxygen atoms in total. The van der Waals surface area contributed by atoms with E-state index in [1.165, 1.54) is 22.7 Å². The highest BCUT2D eigenvalue weighted by Gasteiger charge is 2.28. The lowest BCUT2D eigenvalue weighted by atomic mass is 10.1. The number of anilines is 1. The summed E-state index contributed by atoms with van der Waals surface area (Å²) < 4.78 is 39.0. The minimum absolute atomic E-state index is 0.178. The third kappa shape index (κ3) is 7.52. The molecule has 41 heavy (non-hydrogen) atoms. The molecule has 1 aliphatic carbocycles. The molecule has 0 atom stereocenters. The van der Waals surface area contributed by atoms with Gasteiger partial charge in [0.25, 0.3) is 5.91 Å². The van der Waals surface area contributed by atoms with E-state index in [0.717, 1.165) is 46.3 Å². The molecule has 2 aromatic heterocycles. The van der Waals surface area contributed by atoms with Crippen molar-refractivity contribution in [2.75, 3.05) is 30.0 Å². The number of carbonyl (C=O) groups excluding carboxylic acids is 3. The summed E-state index contributed by atoms with van der Waals surface area (Å²) in [5, 5.41) is 2.88. The molecular weight excluding hydrogens is 587 g/mol. The van der Waals surface area contributed by atoms with Crippen LogP contribution in [0.3, 0.4) is 0 Å². The Kier molecular flexibility index (Phi) is 10.2. The quantitative estimate of drug-likeness (QED) is 0.193. The minimum atomic E-state index is -4.15. The summed E-state index contributed by atoms with van der Waals surface area (Å²) in [6.45, 7) is 8.38. The summed E-state index contributed by atoms with van der Waals surface area (Å²) in [7, 11) is -4.15. The van der Waals surface area contributed by atoms with Gasteiger partial charge in [-0.1, -0.05) is 23.8 Å². The fourth-order valence-corrected chi connectivity index (χ4v) is 8.08. The Labute approximate surface area is 246 Å². The highest BCUT2D eigenvalue weighted by atomic mass is 32.2. The second kappa shape index (κ2) is 13.6. The number of ether oxygens (including phenoxy) is 2. The van der Waals surface area contributed by atoms with Crippen LogP contribution in [0.1, 0.15) is 53.9 Å². The van der Waals surface area contributed by atoms with Gasteiger partial charge in [0.05, 0.1) is 29.0 Å². The van der Waals surface area contributed by atoms with E-state index in [1.54, 1.807) is 17.6 Å². The summed E-state index contributed by atoms with van der Waals surface area (Å²) in [6.07, 6.45) is 6.08. The largest absolute Gasteiger partial charge is 0.494 e. The third-order valence-electron chi connectivity index (χ3n) is 6.35. The van der Waals surface area contributed by atoms with Crippen LogP contribution in [0, 0.1) is 0 Å². The Morgan fingerprint density at radius 1 is 1.10 bits per heavy atom. The molecule has 0 bridgehead atoms. The molecular formula is C28H33N3O7S3. The first kappa shape index (κ1) is 30.7. The number of aryl methyl sites for hydroxylation is 1. The van der Waals surface area contributed by atoms with Crippen LogP contribution < -0.4 is 14.9 Å². The lowest BCUT2D eigenvalue weighted by molar-refractivity contribution is -0.115. The van der Waals surface area contributed by atoms with Gasteiger partial charge >= 0.3 is 5.97 Å². The van der Waals surface area contributed by atoms with Crippen LogP contribution in [0.2, 0.25) is 0 Å². The number of carbonyl (C=O) groups is 3. The molecule has 2 heterocycles. The molecule has 0 unspecified atom stereocenters. The molecule has 0 radical (unpaired) electrons. The van der Waals surface area contributed by atoms with Crippen molar-refractivity contribution in [2.45, 2.75) is 52.5 Å². The Hall–Kier alpha value is -3.29. The summed E-state index contributed by atoms with van der Waals surface area (Å²) in [5.41, 5.74) is 1.97. The molecule has 1 aromatic carbocycles.